The lowest BCUT2D eigenvalue weighted by Crippen LogP contribution is -2.22. The highest BCUT2D eigenvalue weighted by molar-refractivity contribution is 5.94. The second-order valence-electron chi connectivity index (χ2n) is 5.68. The fourth-order valence-corrected chi connectivity index (χ4v) is 3.17. The Kier molecular flexibility index (Phi) is 2.46. The van der Waals surface area contributed by atoms with Crippen LogP contribution in [0.5, 0.6) is 0 Å². The molecule has 0 heterocycles. The molecular weight excluding hydrogens is 210 g/mol. The summed E-state index contributed by atoms with van der Waals surface area (Å²) in [5.41, 5.74) is 3.32. The topological polar surface area (TPSA) is 29.1 Å². The lowest BCUT2D eigenvalue weighted by atomic mass is 10.0. The summed E-state index contributed by atoms with van der Waals surface area (Å²) in [4.78, 5) is 12.2. The van der Waals surface area contributed by atoms with Gasteiger partial charge in [-0.3, -0.25) is 4.79 Å². The first-order chi connectivity index (χ1) is 8.15. The molecule has 17 heavy (non-hydrogen) atoms. The zero-order valence-electron chi connectivity index (χ0n) is 10.5. The molecule has 90 valence electrons. The van der Waals surface area contributed by atoms with Crippen LogP contribution in [0.3, 0.4) is 0 Å². The van der Waals surface area contributed by atoms with E-state index >= 15 is 0 Å². The number of para-hydroxylation sites is 1. The van der Waals surface area contributed by atoms with Gasteiger partial charge in [0.15, 0.2) is 0 Å². The molecular formula is C15H19NO. The number of rotatable bonds is 2. The number of benzene rings is 1. The van der Waals surface area contributed by atoms with E-state index in [4.69, 9.17) is 0 Å². The second kappa shape index (κ2) is 3.86. The summed E-state index contributed by atoms with van der Waals surface area (Å²) in [5.74, 6) is 2.22. The van der Waals surface area contributed by atoms with E-state index in [1.165, 1.54) is 6.42 Å². The summed E-state index contributed by atoms with van der Waals surface area (Å²) in [5, 5.41) is 3.12. The van der Waals surface area contributed by atoms with E-state index in [0.29, 0.717) is 0 Å². The highest BCUT2D eigenvalue weighted by atomic mass is 16.1. The van der Waals surface area contributed by atoms with Crippen LogP contribution in [0.2, 0.25) is 0 Å². The van der Waals surface area contributed by atoms with Crippen molar-refractivity contribution in [2.24, 2.45) is 17.8 Å². The van der Waals surface area contributed by atoms with E-state index in [1.807, 2.05) is 6.07 Å². The number of fused-ring (bicyclic) bond motifs is 1. The van der Waals surface area contributed by atoms with Crippen molar-refractivity contribution in [2.75, 3.05) is 5.32 Å². The highest BCUT2D eigenvalue weighted by Crippen LogP contribution is 2.54. The number of nitrogens with one attached hydrogen (secondary N) is 1. The van der Waals surface area contributed by atoms with Gasteiger partial charge in [0, 0.05) is 11.6 Å². The molecule has 0 spiro atoms. The normalized spacial score (nSPS) is 29.9. The Morgan fingerprint density at radius 1 is 1.12 bits per heavy atom. The van der Waals surface area contributed by atoms with E-state index in [2.05, 4.69) is 31.3 Å². The third kappa shape index (κ3) is 1.97. The molecule has 2 unspecified atom stereocenters. The molecule has 2 aliphatic carbocycles. The van der Waals surface area contributed by atoms with Crippen molar-refractivity contribution in [1.82, 2.24) is 0 Å². The molecule has 2 heteroatoms. The molecule has 3 rings (SSSR count). The van der Waals surface area contributed by atoms with Gasteiger partial charge < -0.3 is 5.32 Å². The summed E-state index contributed by atoms with van der Waals surface area (Å²) in [7, 11) is 0. The monoisotopic (exact) mass is 229 g/mol. The molecule has 0 bridgehead atoms. The number of carbonyl (C=O) groups excluding carboxylic acids is 1. The van der Waals surface area contributed by atoms with E-state index in [0.717, 1.165) is 41.5 Å². The van der Waals surface area contributed by atoms with Gasteiger partial charge >= 0.3 is 0 Å². The van der Waals surface area contributed by atoms with Crippen LogP contribution in [0.1, 0.15) is 30.4 Å². The van der Waals surface area contributed by atoms with Gasteiger partial charge in [-0.25, -0.2) is 0 Å². The third-order valence-electron chi connectivity index (χ3n) is 4.34. The van der Waals surface area contributed by atoms with Gasteiger partial charge in [0.1, 0.15) is 0 Å². The number of hydrogen-bond acceptors (Lipinski definition) is 1. The molecule has 2 aliphatic rings. The van der Waals surface area contributed by atoms with Crippen LogP contribution in [-0.2, 0) is 4.79 Å². The maximum Gasteiger partial charge on any atom is 0.227 e. The number of hydrogen-bond donors (Lipinski definition) is 1. The fourth-order valence-electron chi connectivity index (χ4n) is 3.17. The molecule has 0 radical (unpaired) electrons. The van der Waals surface area contributed by atoms with E-state index in [9.17, 15) is 4.79 Å². The Morgan fingerprint density at radius 3 is 2.29 bits per heavy atom. The summed E-state index contributed by atoms with van der Waals surface area (Å²) >= 11 is 0. The molecule has 1 N–H and O–H groups in total. The maximum atomic E-state index is 12.2. The van der Waals surface area contributed by atoms with Crippen LogP contribution in [0, 0.1) is 31.6 Å². The van der Waals surface area contributed by atoms with Gasteiger partial charge in [-0.1, -0.05) is 18.2 Å². The standard InChI is InChI=1S/C15H19NO/c1-9-4-3-5-10(2)14(9)16-15(17)13-7-11-6-12(11)8-13/h3-5,11-13H,6-8H2,1-2H3,(H,16,17). The minimum Gasteiger partial charge on any atom is -0.325 e. The molecule has 2 saturated carbocycles. The van der Waals surface area contributed by atoms with Gasteiger partial charge in [0.25, 0.3) is 0 Å². The SMILES string of the molecule is Cc1cccc(C)c1NC(=O)C1CC2CC2C1. The van der Waals surface area contributed by atoms with Gasteiger partial charge in [-0.2, -0.15) is 0 Å². The van der Waals surface area contributed by atoms with Crippen molar-refractivity contribution in [1.29, 1.82) is 0 Å². The predicted octanol–water partition coefficient (Wildman–Crippen LogP) is 3.29. The molecule has 1 aromatic rings. The Morgan fingerprint density at radius 2 is 1.71 bits per heavy atom. The van der Waals surface area contributed by atoms with Crippen molar-refractivity contribution < 1.29 is 4.79 Å². The summed E-state index contributed by atoms with van der Waals surface area (Å²) in [6.45, 7) is 4.10. The van der Waals surface area contributed by atoms with E-state index in [-0.39, 0.29) is 11.8 Å². The summed E-state index contributed by atoms with van der Waals surface area (Å²) in [6, 6.07) is 6.13. The number of amides is 1. The van der Waals surface area contributed by atoms with Crippen molar-refractivity contribution in [3.05, 3.63) is 29.3 Å². The van der Waals surface area contributed by atoms with E-state index < -0.39 is 0 Å². The van der Waals surface area contributed by atoms with Crippen molar-refractivity contribution >= 4 is 11.6 Å². The van der Waals surface area contributed by atoms with Crippen LogP contribution in [0.4, 0.5) is 5.69 Å². The molecule has 2 atom stereocenters. The van der Waals surface area contributed by atoms with Crippen LogP contribution in [-0.4, -0.2) is 5.91 Å². The zero-order chi connectivity index (χ0) is 12.0. The molecule has 0 aliphatic heterocycles. The average molecular weight is 229 g/mol. The first-order valence-electron chi connectivity index (χ1n) is 6.52. The molecule has 0 aromatic heterocycles. The first-order valence-corrected chi connectivity index (χ1v) is 6.52. The van der Waals surface area contributed by atoms with Crippen molar-refractivity contribution in [3.8, 4) is 0 Å². The van der Waals surface area contributed by atoms with E-state index in [1.54, 1.807) is 0 Å². The molecule has 2 fully saturated rings. The van der Waals surface area contributed by atoms with Gasteiger partial charge in [0.05, 0.1) is 0 Å². The maximum absolute atomic E-state index is 12.2. The largest absolute Gasteiger partial charge is 0.325 e. The van der Waals surface area contributed by atoms with Crippen LogP contribution >= 0.6 is 0 Å². The minimum absolute atomic E-state index is 0.231. The van der Waals surface area contributed by atoms with Crippen LogP contribution < -0.4 is 5.32 Å². The predicted molar refractivity (Wildman–Crippen MR) is 68.9 cm³/mol. The Hall–Kier alpha value is -1.31. The summed E-state index contributed by atoms with van der Waals surface area (Å²) in [6.07, 6.45) is 3.59. The lowest BCUT2D eigenvalue weighted by molar-refractivity contribution is -0.120. The molecule has 0 saturated heterocycles. The van der Waals surface area contributed by atoms with Crippen LogP contribution in [0.15, 0.2) is 18.2 Å². The number of anilines is 1. The number of carbonyl (C=O) groups is 1. The van der Waals surface area contributed by atoms with Gasteiger partial charge in [-0.05, 0) is 56.1 Å². The molecule has 2 nitrogen and oxygen atoms in total. The number of aryl methyl sites for hydroxylation is 2. The molecule has 1 aromatic carbocycles. The van der Waals surface area contributed by atoms with Gasteiger partial charge in [0.2, 0.25) is 5.91 Å². The lowest BCUT2D eigenvalue weighted by Gasteiger charge is -2.15. The Labute approximate surface area is 102 Å². The van der Waals surface area contributed by atoms with Crippen LogP contribution in [0.25, 0.3) is 0 Å². The zero-order valence-corrected chi connectivity index (χ0v) is 10.5. The Bertz CT molecular complexity index is 436. The van der Waals surface area contributed by atoms with Crippen molar-refractivity contribution in [3.63, 3.8) is 0 Å². The second-order valence-corrected chi connectivity index (χ2v) is 5.68. The Balaban J connectivity index is 1.72. The van der Waals surface area contributed by atoms with Crippen molar-refractivity contribution in [2.45, 2.75) is 33.1 Å². The quantitative estimate of drug-likeness (QED) is 0.828. The third-order valence-corrected chi connectivity index (χ3v) is 4.34. The fraction of sp³-hybridized carbons (Fsp3) is 0.533. The average Bonchev–Trinajstić information content (AvgIpc) is 2.91. The summed E-state index contributed by atoms with van der Waals surface area (Å²) < 4.78 is 0. The molecule has 1 amide bonds. The van der Waals surface area contributed by atoms with Gasteiger partial charge in [-0.15, -0.1) is 0 Å². The first kappa shape index (κ1) is 10.8. The smallest absolute Gasteiger partial charge is 0.227 e. The minimum atomic E-state index is 0.231. The highest BCUT2D eigenvalue weighted by Gasteiger charge is 2.48.